The Balaban J connectivity index is 2.95. The summed E-state index contributed by atoms with van der Waals surface area (Å²) in [6.45, 7) is 0. The molecule has 0 saturated carbocycles. The predicted octanol–water partition coefficient (Wildman–Crippen LogP) is 0.974. The van der Waals surface area contributed by atoms with Crippen molar-refractivity contribution in [3.8, 4) is 0 Å². The zero-order valence-corrected chi connectivity index (χ0v) is 6.04. The van der Waals surface area contributed by atoms with E-state index in [0.29, 0.717) is 0 Å². The first kappa shape index (κ1) is 8.32. The Labute approximate surface area is 68.0 Å². The lowest BCUT2D eigenvalue weighted by Crippen LogP contribution is -2.09. The number of carboxylic acid groups (broad SMARTS) is 1. The highest BCUT2D eigenvalue weighted by molar-refractivity contribution is 5.74. The molecule has 1 atom stereocenters. The minimum Gasteiger partial charge on any atom is -0.479 e. The Morgan fingerprint density at radius 1 is 1.58 bits per heavy atom. The quantitative estimate of drug-likeness (QED) is 0.678. The lowest BCUT2D eigenvalue weighted by Gasteiger charge is -2.00. The van der Waals surface area contributed by atoms with Gasteiger partial charge in [0.2, 0.25) is 6.04 Å². The first-order chi connectivity index (χ1) is 5.75. The van der Waals surface area contributed by atoms with Crippen LogP contribution in [0.2, 0.25) is 0 Å². The molecule has 0 spiro atoms. The van der Waals surface area contributed by atoms with Crippen molar-refractivity contribution in [3.63, 3.8) is 0 Å². The van der Waals surface area contributed by atoms with Crippen LogP contribution < -0.4 is 0 Å². The van der Waals surface area contributed by atoms with Gasteiger partial charge in [0.05, 0.1) is 5.69 Å². The fourth-order valence-corrected chi connectivity index (χ4v) is 0.763. The molecule has 1 rings (SSSR count). The summed E-state index contributed by atoms with van der Waals surface area (Å²) >= 11 is 0. The minimum atomic E-state index is -1.40. The van der Waals surface area contributed by atoms with Gasteiger partial charge in [-0.2, -0.15) is 0 Å². The number of pyridine rings is 1. The van der Waals surface area contributed by atoms with E-state index in [1.54, 1.807) is 12.1 Å². The van der Waals surface area contributed by atoms with Crippen molar-refractivity contribution in [1.29, 1.82) is 0 Å². The second-order valence-corrected chi connectivity index (χ2v) is 2.10. The van der Waals surface area contributed by atoms with Crippen molar-refractivity contribution >= 4 is 5.97 Å². The monoisotopic (exact) mass is 166 g/mol. The van der Waals surface area contributed by atoms with Gasteiger partial charge >= 0.3 is 5.97 Å². The molecular weight excluding hydrogens is 160 g/mol. The van der Waals surface area contributed by atoms with E-state index in [4.69, 9.17) is 5.11 Å². The second-order valence-electron chi connectivity index (χ2n) is 2.10. The van der Waals surface area contributed by atoms with Gasteiger partial charge in [-0.1, -0.05) is 6.07 Å². The number of hydrogen-bond acceptors (Lipinski definition) is 4. The van der Waals surface area contributed by atoms with Crippen molar-refractivity contribution in [1.82, 2.24) is 4.98 Å². The number of carbonyl (C=O) groups is 1. The highest BCUT2D eigenvalue weighted by Crippen LogP contribution is 2.13. The molecule has 1 aromatic rings. The van der Waals surface area contributed by atoms with Crippen molar-refractivity contribution in [3.05, 3.63) is 35.0 Å². The van der Waals surface area contributed by atoms with Gasteiger partial charge in [-0.3, -0.25) is 4.98 Å². The average Bonchev–Trinajstić information content (AvgIpc) is 2.07. The largest absolute Gasteiger partial charge is 0.479 e. The summed E-state index contributed by atoms with van der Waals surface area (Å²) < 4.78 is 0. The molecule has 0 unspecified atom stereocenters. The molecule has 5 nitrogen and oxygen atoms in total. The number of aliphatic carboxylic acids is 1. The maximum Gasteiger partial charge on any atom is 0.338 e. The summed E-state index contributed by atoms with van der Waals surface area (Å²) in [4.78, 5) is 24.2. The Morgan fingerprint density at radius 2 is 2.33 bits per heavy atom. The molecule has 12 heavy (non-hydrogen) atoms. The third-order valence-electron chi connectivity index (χ3n) is 1.31. The SMILES string of the molecule is O=N[C@@H](C(=O)O)c1ccccn1. The van der Waals surface area contributed by atoms with E-state index in [2.05, 4.69) is 10.2 Å². The van der Waals surface area contributed by atoms with E-state index in [9.17, 15) is 9.70 Å². The molecular formula is C7H6N2O3. The van der Waals surface area contributed by atoms with Crippen LogP contribution in [-0.4, -0.2) is 16.1 Å². The van der Waals surface area contributed by atoms with Crippen molar-refractivity contribution < 1.29 is 9.90 Å². The smallest absolute Gasteiger partial charge is 0.338 e. The van der Waals surface area contributed by atoms with E-state index >= 15 is 0 Å². The lowest BCUT2D eigenvalue weighted by atomic mass is 10.2. The Hall–Kier alpha value is -1.78. The number of aromatic nitrogens is 1. The second kappa shape index (κ2) is 3.56. The fraction of sp³-hybridized carbons (Fsp3) is 0.143. The van der Waals surface area contributed by atoms with Crippen LogP contribution in [0.25, 0.3) is 0 Å². The molecule has 0 aliphatic heterocycles. The summed E-state index contributed by atoms with van der Waals surface area (Å²) in [6.07, 6.45) is 1.41. The van der Waals surface area contributed by atoms with E-state index in [0.717, 1.165) is 0 Å². The zero-order valence-electron chi connectivity index (χ0n) is 6.04. The van der Waals surface area contributed by atoms with Gasteiger partial charge in [-0.25, -0.2) is 4.79 Å². The maximum atomic E-state index is 10.4. The topological polar surface area (TPSA) is 79.6 Å². The van der Waals surface area contributed by atoms with Crippen LogP contribution in [0.15, 0.2) is 29.6 Å². The van der Waals surface area contributed by atoms with Gasteiger partial charge in [0.25, 0.3) is 0 Å². The first-order valence-electron chi connectivity index (χ1n) is 3.22. The van der Waals surface area contributed by atoms with Gasteiger partial charge in [-0.05, 0) is 17.3 Å². The zero-order chi connectivity index (χ0) is 8.97. The summed E-state index contributed by atoms with van der Waals surface area (Å²) in [5, 5.41) is 10.9. The van der Waals surface area contributed by atoms with Crippen molar-refractivity contribution in [2.75, 3.05) is 0 Å². The maximum absolute atomic E-state index is 10.4. The van der Waals surface area contributed by atoms with Gasteiger partial charge in [0.1, 0.15) is 0 Å². The van der Waals surface area contributed by atoms with Crippen LogP contribution in [0.3, 0.4) is 0 Å². The molecule has 1 aromatic heterocycles. The number of nitroso groups, excluding NO2 is 1. The summed E-state index contributed by atoms with van der Waals surface area (Å²) in [5.74, 6) is -1.29. The highest BCUT2D eigenvalue weighted by atomic mass is 16.4. The van der Waals surface area contributed by atoms with Gasteiger partial charge in [0.15, 0.2) is 0 Å². The molecule has 0 aromatic carbocycles. The van der Waals surface area contributed by atoms with Crippen molar-refractivity contribution in [2.24, 2.45) is 5.18 Å². The third-order valence-corrected chi connectivity index (χ3v) is 1.31. The Bertz CT molecular complexity index is 286. The number of hydrogen-bond donors (Lipinski definition) is 1. The van der Waals surface area contributed by atoms with Crippen LogP contribution in [0, 0.1) is 4.91 Å². The minimum absolute atomic E-state index is 0.153. The van der Waals surface area contributed by atoms with E-state index in [1.165, 1.54) is 12.3 Å². The van der Waals surface area contributed by atoms with Crippen LogP contribution in [-0.2, 0) is 4.79 Å². The van der Waals surface area contributed by atoms with Crippen molar-refractivity contribution in [2.45, 2.75) is 6.04 Å². The number of rotatable bonds is 3. The molecule has 1 heterocycles. The molecule has 5 heteroatoms. The highest BCUT2D eigenvalue weighted by Gasteiger charge is 2.20. The molecule has 0 aliphatic rings. The molecule has 0 fully saturated rings. The lowest BCUT2D eigenvalue weighted by molar-refractivity contribution is -0.138. The van der Waals surface area contributed by atoms with Crippen LogP contribution in [0.5, 0.6) is 0 Å². The first-order valence-corrected chi connectivity index (χ1v) is 3.22. The van der Waals surface area contributed by atoms with Gasteiger partial charge in [-0.15, -0.1) is 4.91 Å². The average molecular weight is 166 g/mol. The molecule has 0 aliphatic carbocycles. The van der Waals surface area contributed by atoms with Gasteiger partial charge < -0.3 is 5.11 Å². The van der Waals surface area contributed by atoms with Gasteiger partial charge in [0, 0.05) is 6.20 Å². The molecule has 0 saturated heterocycles. The normalized spacial score (nSPS) is 12.0. The molecule has 1 N–H and O–H groups in total. The molecule has 62 valence electrons. The Morgan fingerprint density at radius 3 is 2.75 bits per heavy atom. The predicted molar refractivity (Wildman–Crippen MR) is 40.4 cm³/mol. The standard InChI is InChI=1S/C7H6N2O3/c10-7(11)6(9-12)5-3-1-2-4-8-5/h1-4,6H,(H,10,11)/t6-/m1/s1. The summed E-state index contributed by atoms with van der Waals surface area (Å²) in [5.41, 5.74) is 0.153. The van der Waals surface area contributed by atoms with Crippen LogP contribution >= 0.6 is 0 Å². The number of carboxylic acids is 1. The number of nitrogens with zero attached hydrogens (tertiary/aromatic N) is 2. The Kier molecular flexibility index (Phi) is 2.47. The summed E-state index contributed by atoms with van der Waals surface area (Å²) in [6, 6.07) is 3.28. The fourth-order valence-electron chi connectivity index (χ4n) is 0.763. The summed E-state index contributed by atoms with van der Waals surface area (Å²) in [7, 11) is 0. The van der Waals surface area contributed by atoms with Crippen LogP contribution in [0.4, 0.5) is 0 Å². The van der Waals surface area contributed by atoms with E-state index < -0.39 is 12.0 Å². The van der Waals surface area contributed by atoms with E-state index in [1.807, 2.05) is 0 Å². The molecule has 0 radical (unpaired) electrons. The molecule has 0 bridgehead atoms. The van der Waals surface area contributed by atoms with Crippen LogP contribution in [0.1, 0.15) is 11.7 Å². The molecule has 0 amide bonds. The third kappa shape index (κ3) is 1.63. The van der Waals surface area contributed by atoms with E-state index in [-0.39, 0.29) is 5.69 Å².